The maximum Gasteiger partial charge on any atom is 0.169 e. The average Bonchev–Trinajstić information content (AvgIpc) is 3.09. The summed E-state index contributed by atoms with van der Waals surface area (Å²) < 4.78 is 9.60. The molecule has 0 aliphatic carbocycles. The van der Waals surface area contributed by atoms with Crippen LogP contribution >= 0.6 is 0 Å². The van der Waals surface area contributed by atoms with E-state index >= 15 is 0 Å². The fraction of sp³-hybridized carbons (Fsp3) is 0.800. The highest BCUT2D eigenvalue weighted by Crippen LogP contribution is 1.98. The fourth-order valence-electron chi connectivity index (χ4n) is 1.10. The molecule has 1 N–H and O–H groups in total. The molecule has 3 heterocycles. The summed E-state index contributed by atoms with van der Waals surface area (Å²) in [6, 6.07) is 0. The van der Waals surface area contributed by atoms with Crippen LogP contribution in [0.2, 0.25) is 0 Å². The molecule has 3 aliphatic rings. The monoisotopic (exact) mass is 213 g/mol. The van der Waals surface area contributed by atoms with E-state index < -0.39 is 0 Å². The van der Waals surface area contributed by atoms with Crippen LogP contribution in [0.15, 0.2) is 9.98 Å². The Bertz CT molecular complexity index is 155. The van der Waals surface area contributed by atoms with Crippen LogP contribution in [0.3, 0.4) is 0 Å². The predicted octanol–water partition coefficient (Wildman–Crippen LogP) is 0.460. The Hall–Kier alpha value is -1.10. The molecule has 0 aromatic heterocycles. The Morgan fingerprint density at radius 1 is 1.00 bits per heavy atom. The van der Waals surface area contributed by atoms with Crippen LogP contribution in [0.25, 0.3) is 0 Å². The van der Waals surface area contributed by atoms with Crippen LogP contribution in [0.5, 0.6) is 0 Å². The number of hydrogen-bond donors (Lipinski definition) is 1. The van der Waals surface area contributed by atoms with Crippen LogP contribution in [0.4, 0.5) is 0 Å². The van der Waals surface area contributed by atoms with E-state index in [1.54, 1.807) is 6.34 Å². The van der Waals surface area contributed by atoms with Crippen molar-refractivity contribution in [2.45, 2.75) is 12.8 Å². The Morgan fingerprint density at radius 2 is 1.87 bits per heavy atom. The molecule has 0 atom stereocenters. The number of nitrogens with one attached hydrogen (secondary N) is 1. The molecule has 0 radical (unpaired) electrons. The minimum atomic E-state index is 0.778. The van der Waals surface area contributed by atoms with Gasteiger partial charge in [0, 0.05) is 19.8 Å². The third kappa shape index (κ3) is 7.93. The maximum atomic E-state index is 4.94. The van der Waals surface area contributed by atoms with Crippen molar-refractivity contribution in [1.29, 1.82) is 0 Å². The van der Waals surface area contributed by atoms with Gasteiger partial charge >= 0.3 is 0 Å². The van der Waals surface area contributed by atoms with Gasteiger partial charge in [0.25, 0.3) is 0 Å². The average molecular weight is 213 g/mol. The van der Waals surface area contributed by atoms with Gasteiger partial charge in [0.05, 0.1) is 19.4 Å². The lowest BCUT2D eigenvalue weighted by Gasteiger charge is -1.76. The standard InChI is InChI=1S/C4H8O.C3H6N2.C3H5NO/c1-2-4-5-3-1;2*1-2-5-3-4-1/h1-4H2;3H,1-2H2,(H,4,5);3H,1-2H2. The normalized spacial score (nSPS) is 20.8. The molecule has 3 aliphatic heterocycles. The molecule has 0 unspecified atom stereocenters. The van der Waals surface area contributed by atoms with Crippen LogP contribution in [0.1, 0.15) is 12.8 Å². The van der Waals surface area contributed by atoms with E-state index in [0.717, 1.165) is 39.5 Å². The molecule has 0 saturated carbocycles. The van der Waals surface area contributed by atoms with Gasteiger partial charge in [0.2, 0.25) is 0 Å². The van der Waals surface area contributed by atoms with Crippen molar-refractivity contribution in [1.82, 2.24) is 5.32 Å². The summed E-state index contributed by atoms with van der Waals surface area (Å²) in [4.78, 5) is 7.58. The van der Waals surface area contributed by atoms with Gasteiger partial charge in [0.15, 0.2) is 6.40 Å². The summed E-state index contributed by atoms with van der Waals surface area (Å²) in [5, 5.41) is 2.93. The SMILES string of the molecule is C1=NCCN1.C1=NCCO1.C1CCOC1. The molecule has 5 nitrogen and oxygen atoms in total. The second-order valence-electron chi connectivity index (χ2n) is 3.19. The molecule has 1 saturated heterocycles. The minimum absolute atomic E-state index is 0.778. The molecule has 86 valence electrons. The highest BCUT2D eigenvalue weighted by molar-refractivity contribution is 5.56. The molecule has 0 bridgehead atoms. The van der Waals surface area contributed by atoms with Gasteiger partial charge in [-0.2, -0.15) is 0 Å². The summed E-state index contributed by atoms with van der Waals surface area (Å²) in [5.41, 5.74) is 0. The Morgan fingerprint density at radius 3 is 2.07 bits per heavy atom. The zero-order valence-corrected chi connectivity index (χ0v) is 9.02. The van der Waals surface area contributed by atoms with E-state index in [2.05, 4.69) is 20.0 Å². The van der Waals surface area contributed by atoms with Gasteiger partial charge in [0.1, 0.15) is 6.61 Å². The lowest BCUT2D eigenvalue weighted by Crippen LogP contribution is -2.04. The zero-order valence-electron chi connectivity index (χ0n) is 9.02. The Labute approximate surface area is 90.6 Å². The first-order valence-corrected chi connectivity index (χ1v) is 5.39. The van der Waals surface area contributed by atoms with E-state index in [1.807, 2.05) is 0 Å². The number of aliphatic imine (C=N–C) groups is 2. The summed E-state index contributed by atoms with van der Waals surface area (Å²) in [6.07, 6.45) is 5.78. The number of rotatable bonds is 0. The topological polar surface area (TPSA) is 55.2 Å². The van der Waals surface area contributed by atoms with Crippen molar-refractivity contribution < 1.29 is 9.47 Å². The summed E-state index contributed by atoms with van der Waals surface area (Å²) in [6.45, 7) is 5.61. The fourth-order valence-corrected chi connectivity index (χ4v) is 1.10. The van der Waals surface area contributed by atoms with Crippen molar-refractivity contribution in [2.24, 2.45) is 9.98 Å². The van der Waals surface area contributed by atoms with Gasteiger partial charge in [-0.05, 0) is 12.8 Å². The first-order chi connectivity index (χ1) is 7.50. The molecule has 3 rings (SSSR count). The Kier molecular flexibility index (Phi) is 7.55. The van der Waals surface area contributed by atoms with Gasteiger partial charge in [-0.25, -0.2) is 0 Å². The lowest BCUT2D eigenvalue weighted by atomic mass is 10.4. The third-order valence-electron chi connectivity index (χ3n) is 1.88. The second-order valence-corrected chi connectivity index (χ2v) is 3.19. The highest BCUT2D eigenvalue weighted by Gasteiger charge is 1.94. The molecule has 0 aromatic rings. The molecule has 0 aromatic carbocycles. The quantitative estimate of drug-likeness (QED) is 0.636. The largest absolute Gasteiger partial charge is 0.482 e. The van der Waals surface area contributed by atoms with Crippen LogP contribution in [-0.4, -0.2) is 52.2 Å². The van der Waals surface area contributed by atoms with E-state index in [4.69, 9.17) is 4.74 Å². The van der Waals surface area contributed by atoms with E-state index in [0.29, 0.717) is 0 Å². The molecule has 1 fully saturated rings. The van der Waals surface area contributed by atoms with E-state index in [-0.39, 0.29) is 0 Å². The smallest absolute Gasteiger partial charge is 0.169 e. The maximum absolute atomic E-state index is 4.94. The van der Waals surface area contributed by atoms with Crippen molar-refractivity contribution >= 4 is 12.7 Å². The highest BCUT2D eigenvalue weighted by atomic mass is 16.5. The van der Waals surface area contributed by atoms with Crippen LogP contribution in [0, 0.1) is 0 Å². The summed E-state index contributed by atoms with van der Waals surface area (Å²) >= 11 is 0. The number of hydrogen-bond acceptors (Lipinski definition) is 5. The first-order valence-electron chi connectivity index (χ1n) is 5.39. The van der Waals surface area contributed by atoms with Crippen molar-refractivity contribution in [3.8, 4) is 0 Å². The van der Waals surface area contributed by atoms with Crippen molar-refractivity contribution in [3.05, 3.63) is 0 Å². The predicted molar refractivity (Wildman–Crippen MR) is 60.7 cm³/mol. The molecule has 15 heavy (non-hydrogen) atoms. The zero-order chi connectivity index (χ0) is 10.6. The van der Waals surface area contributed by atoms with E-state index in [1.165, 1.54) is 19.2 Å². The number of ether oxygens (including phenoxy) is 2. The molecular weight excluding hydrogens is 194 g/mol. The second kappa shape index (κ2) is 9.45. The molecule has 5 heteroatoms. The number of nitrogens with zero attached hydrogens (tertiary/aromatic N) is 2. The van der Waals surface area contributed by atoms with Gasteiger partial charge in [-0.15, -0.1) is 0 Å². The van der Waals surface area contributed by atoms with Crippen LogP contribution in [-0.2, 0) is 9.47 Å². The van der Waals surface area contributed by atoms with E-state index in [9.17, 15) is 0 Å². The lowest BCUT2D eigenvalue weighted by molar-refractivity contribution is 0.198. The molecule has 0 amide bonds. The van der Waals surface area contributed by atoms with Crippen molar-refractivity contribution in [2.75, 3.05) is 39.5 Å². The van der Waals surface area contributed by atoms with Crippen molar-refractivity contribution in [3.63, 3.8) is 0 Å². The first kappa shape index (κ1) is 12.0. The molecule has 0 spiro atoms. The van der Waals surface area contributed by atoms with Gasteiger partial charge in [-0.3, -0.25) is 9.98 Å². The minimum Gasteiger partial charge on any atom is -0.482 e. The molecular formula is C10H19N3O2. The summed E-state index contributed by atoms with van der Waals surface area (Å²) in [7, 11) is 0. The third-order valence-corrected chi connectivity index (χ3v) is 1.88. The summed E-state index contributed by atoms with van der Waals surface area (Å²) in [5.74, 6) is 0. The van der Waals surface area contributed by atoms with Crippen LogP contribution < -0.4 is 5.32 Å². The van der Waals surface area contributed by atoms with Gasteiger partial charge in [-0.1, -0.05) is 0 Å². The van der Waals surface area contributed by atoms with Gasteiger partial charge < -0.3 is 14.8 Å². The Balaban J connectivity index is 0.000000112.